The summed E-state index contributed by atoms with van der Waals surface area (Å²) in [5, 5.41) is 21.2. The van der Waals surface area contributed by atoms with Crippen molar-refractivity contribution in [3.63, 3.8) is 0 Å². The Morgan fingerprint density at radius 2 is 2.25 bits per heavy atom. The second-order valence-electron chi connectivity index (χ2n) is 5.09. The lowest BCUT2D eigenvalue weighted by Gasteiger charge is -2.26. The first-order valence-electron chi connectivity index (χ1n) is 6.04. The molecule has 0 bridgehead atoms. The number of nitriles is 1. The quantitative estimate of drug-likeness (QED) is 0.747. The highest BCUT2D eigenvalue weighted by atomic mass is 16.3. The van der Waals surface area contributed by atoms with E-state index < -0.39 is 5.41 Å². The third-order valence-electron chi connectivity index (χ3n) is 3.71. The van der Waals surface area contributed by atoms with Gasteiger partial charge in [-0.3, -0.25) is 4.79 Å². The van der Waals surface area contributed by atoms with Gasteiger partial charge in [-0.15, -0.1) is 0 Å². The van der Waals surface area contributed by atoms with E-state index in [-0.39, 0.29) is 12.0 Å². The number of aliphatic hydroxyl groups excluding tert-OH is 1. The molecule has 2 aliphatic rings. The van der Waals surface area contributed by atoms with E-state index in [2.05, 4.69) is 11.4 Å². The van der Waals surface area contributed by atoms with Gasteiger partial charge in [0.05, 0.1) is 12.2 Å². The summed E-state index contributed by atoms with van der Waals surface area (Å²) in [5.74, 6) is 0.261. The van der Waals surface area contributed by atoms with Crippen molar-refractivity contribution in [2.45, 2.75) is 44.6 Å². The molecule has 0 spiro atoms. The molecule has 88 valence electrons. The van der Waals surface area contributed by atoms with E-state index in [1.54, 1.807) is 0 Å². The number of nitrogens with zero attached hydrogens (tertiary/aromatic N) is 1. The lowest BCUT2D eigenvalue weighted by atomic mass is 9.87. The van der Waals surface area contributed by atoms with Crippen LogP contribution < -0.4 is 5.32 Å². The maximum absolute atomic E-state index is 11.7. The first-order valence-corrected chi connectivity index (χ1v) is 6.04. The number of hydrogen-bond acceptors (Lipinski definition) is 3. The van der Waals surface area contributed by atoms with E-state index in [0.717, 1.165) is 25.7 Å². The Balaban J connectivity index is 1.75. The van der Waals surface area contributed by atoms with Crippen LogP contribution in [0, 0.1) is 22.7 Å². The number of carbonyl (C=O) groups is 1. The molecule has 0 heterocycles. The van der Waals surface area contributed by atoms with Crippen LogP contribution in [-0.4, -0.2) is 23.7 Å². The Morgan fingerprint density at radius 1 is 1.50 bits per heavy atom. The minimum absolute atomic E-state index is 0.116. The van der Waals surface area contributed by atoms with Crippen LogP contribution >= 0.6 is 0 Å². The molecule has 2 N–H and O–H groups in total. The smallest absolute Gasteiger partial charge is 0.240 e. The number of aliphatic hydroxyl groups is 1. The molecule has 0 aromatic heterocycles. The Bertz CT molecular complexity index is 317. The van der Waals surface area contributed by atoms with Crippen LogP contribution in [0.1, 0.15) is 38.5 Å². The molecule has 0 radical (unpaired) electrons. The fourth-order valence-corrected chi connectivity index (χ4v) is 2.37. The van der Waals surface area contributed by atoms with Crippen LogP contribution in [0.15, 0.2) is 0 Å². The molecule has 2 saturated carbocycles. The zero-order valence-corrected chi connectivity index (χ0v) is 9.41. The van der Waals surface area contributed by atoms with E-state index in [4.69, 9.17) is 5.26 Å². The van der Waals surface area contributed by atoms with Crippen LogP contribution in [-0.2, 0) is 4.79 Å². The normalized spacial score (nSPS) is 31.5. The fraction of sp³-hybridized carbons (Fsp3) is 0.833. The van der Waals surface area contributed by atoms with Crippen molar-refractivity contribution in [2.75, 3.05) is 6.54 Å². The molecule has 2 aliphatic carbocycles. The number of nitrogens with one attached hydrogen (secondary N) is 1. The molecular formula is C12H18N2O2. The molecule has 16 heavy (non-hydrogen) atoms. The Kier molecular flexibility index (Phi) is 3.15. The molecule has 2 unspecified atom stereocenters. The SMILES string of the molecule is N#CC1(C(=O)NCC2CCCC(O)C2)CC1. The van der Waals surface area contributed by atoms with Crippen molar-refractivity contribution in [1.82, 2.24) is 5.32 Å². The Hall–Kier alpha value is -1.08. The number of rotatable bonds is 3. The monoisotopic (exact) mass is 222 g/mol. The first-order chi connectivity index (χ1) is 7.66. The predicted octanol–water partition coefficient (Wildman–Crippen LogP) is 0.957. The number of hydrogen-bond donors (Lipinski definition) is 2. The standard InChI is InChI=1S/C12H18N2O2/c13-8-12(4-5-12)11(16)14-7-9-2-1-3-10(15)6-9/h9-10,15H,1-7H2,(H,14,16). The fourth-order valence-electron chi connectivity index (χ4n) is 2.37. The molecule has 0 aromatic carbocycles. The van der Waals surface area contributed by atoms with Gasteiger partial charge in [0.25, 0.3) is 0 Å². The number of carbonyl (C=O) groups excluding carboxylic acids is 1. The third kappa shape index (κ3) is 2.35. The van der Waals surface area contributed by atoms with Crippen LogP contribution in [0.3, 0.4) is 0 Å². The van der Waals surface area contributed by atoms with Gasteiger partial charge in [-0.2, -0.15) is 5.26 Å². The molecule has 0 aromatic rings. The van der Waals surface area contributed by atoms with Crippen molar-refractivity contribution in [2.24, 2.45) is 11.3 Å². The molecule has 1 amide bonds. The van der Waals surface area contributed by atoms with Crippen molar-refractivity contribution < 1.29 is 9.90 Å². The van der Waals surface area contributed by atoms with Crippen molar-refractivity contribution >= 4 is 5.91 Å². The zero-order chi connectivity index (χ0) is 11.6. The average molecular weight is 222 g/mol. The molecular weight excluding hydrogens is 204 g/mol. The van der Waals surface area contributed by atoms with Gasteiger partial charge >= 0.3 is 0 Å². The van der Waals surface area contributed by atoms with Gasteiger partial charge in [-0.1, -0.05) is 6.42 Å². The van der Waals surface area contributed by atoms with Crippen LogP contribution in [0.4, 0.5) is 0 Å². The van der Waals surface area contributed by atoms with Crippen LogP contribution in [0.5, 0.6) is 0 Å². The maximum Gasteiger partial charge on any atom is 0.240 e. The lowest BCUT2D eigenvalue weighted by Crippen LogP contribution is -2.37. The molecule has 4 nitrogen and oxygen atoms in total. The first kappa shape index (κ1) is 11.4. The van der Waals surface area contributed by atoms with Crippen LogP contribution in [0.2, 0.25) is 0 Å². The second-order valence-corrected chi connectivity index (χ2v) is 5.09. The summed E-state index contributed by atoms with van der Waals surface area (Å²) in [7, 11) is 0. The minimum atomic E-state index is -0.715. The Morgan fingerprint density at radius 3 is 2.81 bits per heavy atom. The molecule has 2 fully saturated rings. The summed E-state index contributed by atoms with van der Waals surface area (Å²) >= 11 is 0. The van der Waals surface area contributed by atoms with Gasteiger partial charge in [-0.05, 0) is 38.0 Å². The van der Waals surface area contributed by atoms with Gasteiger partial charge in [-0.25, -0.2) is 0 Å². The second kappa shape index (κ2) is 4.42. The summed E-state index contributed by atoms with van der Waals surface area (Å²) in [5.41, 5.74) is -0.715. The molecule has 0 aliphatic heterocycles. The molecule has 2 atom stereocenters. The van der Waals surface area contributed by atoms with Crippen LogP contribution in [0.25, 0.3) is 0 Å². The van der Waals surface area contributed by atoms with Gasteiger partial charge in [0.2, 0.25) is 5.91 Å². The average Bonchev–Trinajstić information content (AvgIpc) is 3.07. The largest absolute Gasteiger partial charge is 0.393 e. The van der Waals surface area contributed by atoms with E-state index in [0.29, 0.717) is 25.3 Å². The topological polar surface area (TPSA) is 73.1 Å². The van der Waals surface area contributed by atoms with Crippen molar-refractivity contribution in [3.05, 3.63) is 0 Å². The minimum Gasteiger partial charge on any atom is -0.393 e. The summed E-state index contributed by atoms with van der Waals surface area (Å²) in [6.07, 6.45) is 4.95. The van der Waals surface area contributed by atoms with Gasteiger partial charge in [0, 0.05) is 6.54 Å². The number of amides is 1. The third-order valence-corrected chi connectivity index (χ3v) is 3.71. The molecule has 2 rings (SSSR count). The molecule has 0 saturated heterocycles. The highest BCUT2D eigenvalue weighted by Crippen LogP contribution is 2.45. The van der Waals surface area contributed by atoms with Gasteiger partial charge in [0.1, 0.15) is 5.41 Å². The van der Waals surface area contributed by atoms with E-state index in [9.17, 15) is 9.90 Å². The van der Waals surface area contributed by atoms with Gasteiger partial charge < -0.3 is 10.4 Å². The van der Waals surface area contributed by atoms with E-state index >= 15 is 0 Å². The van der Waals surface area contributed by atoms with Crippen molar-refractivity contribution in [1.29, 1.82) is 5.26 Å². The summed E-state index contributed by atoms with van der Waals surface area (Å²) in [4.78, 5) is 11.7. The van der Waals surface area contributed by atoms with Gasteiger partial charge in [0.15, 0.2) is 0 Å². The van der Waals surface area contributed by atoms with E-state index in [1.165, 1.54) is 0 Å². The Labute approximate surface area is 95.6 Å². The lowest BCUT2D eigenvalue weighted by molar-refractivity contribution is -0.124. The predicted molar refractivity (Wildman–Crippen MR) is 58.3 cm³/mol. The summed E-state index contributed by atoms with van der Waals surface area (Å²) < 4.78 is 0. The summed E-state index contributed by atoms with van der Waals surface area (Å²) in [6, 6.07) is 2.09. The van der Waals surface area contributed by atoms with Crippen molar-refractivity contribution in [3.8, 4) is 6.07 Å². The molecule has 4 heteroatoms. The highest BCUT2D eigenvalue weighted by Gasteiger charge is 2.50. The van der Waals surface area contributed by atoms with E-state index in [1.807, 2.05) is 0 Å². The highest BCUT2D eigenvalue weighted by molar-refractivity contribution is 5.88. The zero-order valence-electron chi connectivity index (χ0n) is 9.41. The maximum atomic E-state index is 11.7. The summed E-state index contributed by atoms with van der Waals surface area (Å²) in [6.45, 7) is 0.610.